The predicted octanol–water partition coefficient (Wildman–Crippen LogP) is 5.82. The lowest BCUT2D eigenvalue weighted by Gasteiger charge is -2.21. The molecule has 158 valence electrons. The predicted molar refractivity (Wildman–Crippen MR) is 123 cm³/mol. The molecule has 4 aromatic rings. The van der Waals surface area contributed by atoms with Crippen LogP contribution in [0.15, 0.2) is 71.5 Å². The standard InChI is InChI=1S/C24H23N3O3S/c1-15-9-10-25-21(12-15)26-22(17-6-4-7-18(14-17)29-3)19-13-16(2)31-24(19)27-23(28)20-8-5-11-30-20/h4-14,22H,1-3H3,(H,25,26)(H,27,28)/t22-/m0/s1. The van der Waals surface area contributed by atoms with Crippen LogP contribution in [0.5, 0.6) is 5.75 Å². The van der Waals surface area contributed by atoms with Crippen molar-refractivity contribution in [3.63, 3.8) is 0 Å². The lowest BCUT2D eigenvalue weighted by Crippen LogP contribution is -2.17. The van der Waals surface area contributed by atoms with E-state index in [0.717, 1.165) is 38.1 Å². The number of thiophene rings is 1. The molecule has 31 heavy (non-hydrogen) atoms. The molecule has 3 heterocycles. The van der Waals surface area contributed by atoms with Crippen molar-refractivity contribution in [3.8, 4) is 5.75 Å². The highest BCUT2D eigenvalue weighted by molar-refractivity contribution is 7.16. The van der Waals surface area contributed by atoms with Crippen LogP contribution in [-0.4, -0.2) is 18.0 Å². The average Bonchev–Trinajstić information content (AvgIpc) is 3.42. The van der Waals surface area contributed by atoms with Crippen molar-refractivity contribution >= 4 is 28.1 Å². The highest BCUT2D eigenvalue weighted by Crippen LogP contribution is 2.38. The summed E-state index contributed by atoms with van der Waals surface area (Å²) in [7, 11) is 1.65. The molecule has 0 bridgehead atoms. The van der Waals surface area contributed by atoms with Gasteiger partial charge in [-0.2, -0.15) is 0 Å². The monoisotopic (exact) mass is 433 g/mol. The summed E-state index contributed by atoms with van der Waals surface area (Å²) < 4.78 is 10.7. The van der Waals surface area contributed by atoms with Gasteiger partial charge in [-0.1, -0.05) is 12.1 Å². The summed E-state index contributed by atoms with van der Waals surface area (Å²) in [6.45, 7) is 4.04. The summed E-state index contributed by atoms with van der Waals surface area (Å²) in [5, 5.41) is 7.29. The number of furan rings is 1. The number of hydrogen-bond acceptors (Lipinski definition) is 6. The van der Waals surface area contributed by atoms with Gasteiger partial charge >= 0.3 is 0 Å². The second-order valence-corrected chi connectivity index (χ2v) is 8.40. The number of anilines is 2. The Morgan fingerprint density at radius 2 is 2.00 bits per heavy atom. The second-order valence-electron chi connectivity index (χ2n) is 7.15. The van der Waals surface area contributed by atoms with Gasteiger partial charge in [0.1, 0.15) is 16.6 Å². The lowest BCUT2D eigenvalue weighted by molar-refractivity contribution is 0.0997. The van der Waals surface area contributed by atoms with Crippen LogP contribution in [0.2, 0.25) is 0 Å². The highest BCUT2D eigenvalue weighted by Gasteiger charge is 2.23. The van der Waals surface area contributed by atoms with Gasteiger partial charge in [-0.3, -0.25) is 4.79 Å². The highest BCUT2D eigenvalue weighted by atomic mass is 32.1. The van der Waals surface area contributed by atoms with Crippen molar-refractivity contribution in [3.05, 3.63) is 94.4 Å². The Labute approximate surface area is 184 Å². The van der Waals surface area contributed by atoms with E-state index in [1.54, 1.807) is 25.4 Å². The molecule has 0 saturated heterocycles. The van der Waals surface area contributed by atoms with Crippen LogP contribution in [0.1, 0.15) is 38.2 Å². The van der Waals surface area contributed by atoms with Crippen molar-refractivity contribution < 1.29 is 13.9 Å². The van der Waals surface area contributed by atoms with Gasteiger partial charge in [0.25, 0.3) is 5.91 Å². The zero-order valence-electron chi connectivity index (χ0n) is 17.5. The van der Waals surface area contributed by atoms with Crippen LogP contribution in [0.4, 0.5) is 10.8 Å². The van der Waals surface area contributed by atoms with Crippen molar-refractivity contribution in [2.24, 2.45) is 0 Å². The van der Waals surface area contributed by atoms with Crippen molar-refractivity contribution in [2.45, 2.75) is 19.9 Å². The van der Waals surface area contributed by atoms with Gasteiger partial charge in [-0.25, -0.2) is 4.98 Å². The second kappa shape index (κ2) is 9.06. The first-order chi connectivity index (χ1) is 15.0. The van der Waals surface area contributed by atoms with Crippen LogP contribution in [0, 0.1) is 13.8 Å². The normalized spacial score (nSPS) is 11.7. The molecule has 2 N–H and O–H groups in total. The fourth-order valence-electron chi connectivity index (χ4n) is 3.34. The number of aromatic nitrogens is 1. The molecule has 3 aromatic heterocycles. The van der Waals surface area contributed by atoms with Crippen molar-refractivity contribution in [1.82, 2.24) is 4.98 Å². The molecule has 0 radical (unpaired) electrons. The molecule has 0 spiro atoms. The molecule has 1 amide bonds. The Bertz CT molecular complexity index is 1180. The summed E-state index contributed by atoms with van der Waals surface area (Å²) >= 11 is 1.52. The zero-order chi connectivity index (χ0) is 21.8. The minimum atomic E-state index is -0.286. The Kier molecular flexibility index (Phi) is 6.04. The fraction of sp³-hybridized carbons (Fsp3) is 0.167. The summed E-state index contributed by atoms with van der Waals surface area (Å²) in [4.78, 5) is 18.2. The Hall–Kier alpha value is -3.58. The van der Waals surface area contributed by atoms with Crippen LogP contribution in [-0.2, 0) is 0 Å². The minimum Gasteiger partial charge on any atom is -0.497 e. The molecule has 0 aliphatic heterocycles. The van der Waals surface area contributed by atoms with Crippen molar-refractivity contribution in [1.29, 1.82) is 0 Å². The Balaban J connectivity index is 1.75. The summed E-state index contributed by atoms with van der Waals surface area (Å²) in [5.74, 6) is 1.49. The van der Waals surface area contributed by atoms with Gasteiger partial charge < -0.3 is 19.8 Å². The Morgan fingerprint density at radius 1 is 1.13 bits per heavy atom. The molecular weight excluding hydrogens is 410 g/mol. The topological polar surface area (TPSA) is 76.4 Å². The zero-order valence-corrected chi connectivity index (χ0v) is 18.3. The van der Waals surface area contributed by atoms with E-state index in [0.29, 0.717) is 0 Å². The van der Waals surface area contributed by atoms with Crippen LogP contribution < -0.4 is 15.4 Å². The average molecular weight is 434 g/mol. The third-order valence-electron chi connectivity index (χ3n) is 4.80. The summed E-state index contributed by atoms with van der Waals surface area (Å²) in [6.07, 6.45) is 3.26. The quantitative estimate of drug-likeness (QED) is 0.384. The maximum Gasteiger partial charge on any atom is 0.291 e. The first-order valence-electron chi connectivity index (χ1n) is 9.82. The van der Waals surface area contributed by atoms with Gasteiger partial charge in [0.05, 0.1) is 19.4 Å². The van der Waals surface area contributed by atoms with E-state index in [1.165, 1.54) is 17.6 Å². The number of carbonyl (C=O) groups is 1. The van der Waals surface area contributed by atoms with E-state index in [-0.39, 0.29) is 17.7 Å². The molecular formula is C24H23N3O3S. The maximum absolute atomic E-state index is 12.6. The summed E-state index contributed by atoms with van der Waals surface area (Å²) in [5.41, 5.74) is 3.04. The maximum atomic E-state index is 12.6. The number of nitrogens with zero attached hydrogens (tertiary/aromatic N) is 1. The number of aryl methyl sites for hydroxylation is 2. The van der Waals surface area contributed by atoms with Crippen LogP contribution in [0.25, 0.3) is 0 Å². The van der Waals surface area contributed by atoms with E-state index in [9.17, 15) is 4.79 Å². The third-order valence-corrected chi connectivity index (χ3v) is 5.78. The number of amides is 1. The van der Waals surface area contributed by atoms with E-state index in [2.05, 4.69) is 21.7 Å². The minimum absolute atomic E-state index is 0.249. The van der Waals surface area contributed by atoms with Gasteiger partial charge in [0, 0.05) is 16.6 Å². The van der Waals surface area contributed by atoms with Gasteiger partial charge in [-0.15, -0.1) is 11.3 Å². The molecule has 1 atom stereocenters. The first kappa shape index (κ1) is 20.7. The summed E-state index contributed by atoms with van der Waals surface area (Å²) in [6, 6.07) is 17.0. The number of nitrogens with one attached hydrogen (secondary N) is 2. The number of ether oxygens (including phenoxy) is 1. The molecule has 6 nitrogen and oxygen atoms in total. The van der Waals surface area contributed by atoms with E-state index < -0.39 is 0 Å². The SMILES string of the molecule is COc1cccc([C@H](Nc2cc(C)ccn2)c2cc(C)sc2NC(=O)c2ccco2)c1. The molecule has 0 unspecified atom stereocenters. The molecule has 0 saturated carbocycles. The fourth-order valence-corrected chi connectivity index (χ4v) is 4.29. The molecule has 1 aromatic carbocycles. The van der Waals surface area contributed by atoms with Crippen molar-refractivity contribution in [2.75, 3.05) is 17.7 Å². The number of rotatable bonds is 7. The number of hydrogen-bond donors (Lipinski definition) is 2. The number of benzene rings is 1. The lowest BCUT2D eigenvalue weighted by atomic mass is 9.99. The van der Waals surface area contributed by atoms with Gasteiger partial charge in [0.2, 0.25) is 0 Å². The molecule has 0 aliphatic carbocycles. The third kappa shape index (κ3) is 4.78. The first-order valence-corrected chi connectivity index (χ1v) is 10.6. The van der Waals surface area contributed by atoms with Gasteiger partial charge in [-0.05, 0) is 67.4 Å². The number of methoxy groups -OCH3 is 1. The largest absolute Gasteiger partial charge is 0.497 e. The van der Waals surface area contributed by atoms with E-state index >= 15 is 0 Å². The van der Waals surface area contributed by atoms with Crippen LogP contribution in [0.3, 0.4) is 0 Å². The van der Waals surface area contributed by atoms with Crippen LogP contribution >= 0.6 is 11.3 Å². The molecule has 0 fully saturated rings. The van der Waals surface area contributed by atoms with Gasteiger partial charge in [0.15, 0.2) is 5.76 Å². The Morgan fingerprint density at radius 3 is 2.74 bits per heavy atom. The van der Waals surface area contributed by atoms with E-state index in [1.807, 2.05) is 50.2 Å². The molecule has 7 heteroatoms. The molecule has 0 aliphatic rings. The van der Waals surface area contributed by atoms with E-state index in [4.69, 9.17) is 9.15 Å². The number of carbonyl (C=O) groups excluding carboxylic acids is 1. The molecule has 4 rings (SSSR count). The number of pyridine rings is 1. The smallest absolute Gasteiger partial charge is 0.291 e.